The average molecular weight is 590 g/mol. The van der Waals surface area contributed by atoms with Gasteiger partial charge in [-0.15, -0.1) is 0 Å². The van der Waals surface area contributed by atoms with Gasteiger partial charge in [-0.2, -0.15) is 36.7 Å². The molecule has 4 N–H and O–H groups in total. The van der Waals surface area contributed by atoms with E-state index in [1.807, 2.05) is 31.3 Å². The first-order valence-corrected chi connectivity index (χ1v) is 11.7. The Hall–Kier alpha value is -4.59. The van der Waals surface area contributed by atoms with Gasteiger partial charge in [0.2, 0.25) is 0 Å². The number of nitrogens with two attached hydrogens (primary N) is 1. The molecule has 0 saturated carbocycles. The van der Waals surface area contributed by atoms with Crippen molar-refractivity contribution in [1.29, 1.82) is 5.26 Å². The van der Waals surface area contributed by atoms with Crippen LogP contribution in [0.2, 0.25) is 0 Å². The van der Waals surface area contributed by atoms with Gasteiger partial charge in [0.05, 0.1) is 30.1 Å². The third kappa shape index (κ3) is 9.24. The second kappa shape index (κ2) is 13.7. The highest BCUT2D eigenvalue weighted by atomic mass is 19.4. The number of alkyl halides is 6. The van der Waals surface area contributed by atoms with E-state index in [-0.39, 0.29) is 6.04 Å². The fraction of sp³-hybridized carbons (Fsp3) is 0.375. The Balaban J connectivity index is 0.000000349. The van der Waals surface area contributed by atoms with E-state index in [1.54, 1.807) is 16.9 Å². The molecule has 1 saturated heterocycles. The summed E-state index contributed by atoms with van der Waals surface area (Å²) in [6.45, 7) is 4.31. The van der Waals surface area contributed by atoms with Crippen LogP contribution in [0.15, 0.2) is 36.8 Å². The summed E-state index contributed by atoms with van der Waals surface area (Å²) >= 11 is 0. The normalized spacial score (nSPS) is 15.1. The summed E-state index contributed by atoms with van der Waals surface area (Å²) in [6, 6.07) is 8.40. The molecule has 0 spiro atoms. The molecule has 1 fully saturated rings. The van der Waals surface area contributed by atoms with Gasteiger partial charge in [-0.05, 0) is 38.0 Å². The molecule has 4 rings (SSSR count). The van der Waals surface area contributed by atoms with Crippen LogP contribution in [0, 0.1) is 11.3 Å². The molecule has 0 radical (unpaired) electrons. The Morgan fingerprint density at radius 1 is 1.15 bits per heavy atom. The molecule has 222 valence electrons. The van der Waals surface area contributed by atoms with Gasteiger partial charge in [-0.1, -0.05) is 0 Å². The highest BCUT2D eigenvalue weighted by Crippen LogP contribution is 2.31. The largest absolute Gasteiger partial charge is 0.492 e. The van der Waals surface area contributed by atoms with Crippen LogP contribution in [0.3, 0.4) is 0 Å². The molecule has 0 unspecified atom stereocenters. The maximum atomic E-state index is 10.6. The number of carboxylic acid groups (broad SMARTS) is 2. The van der Waals surface area contributed by atoms with Gasteiger partial charge in [0.1, 0.15) is 17.6 Å². The van der Waals surface area contributed by atoms with Crippen molar-refractivity contribution in [3.63, 3.8) is 0 Å². The van der Waals surface area contributed by atoms with Crippen molar-refractivity contribution in [2.24, 2.45) is 5.73 Å². The Morgan fingerprint density at radius 3 is 2.22 bits per heavy atom. The monoisotopic (exact) mass is 590 g/mol. The summed E-state index contributed by atoms with van der Waals surface area (Å²) < 4.78 is 70.8. The summed E-state index contributed by atoms with van der Waals surface area (Å²) in [7, 11) is 0. The number of hydrogen-bond donors (Lipinski definition) is 3. The first kappa shape index (κ1) is 32.6. The van der Waals surface area contributed by atoms with Crippen molar-refractivity contribution >= 4 is 23.3 Å². The van der Waals surface area contributed by atoms with Crippen LogP contribution >= 0.6 is 0 Å². The third-order valence-corrected chi connectivity index (χ3v) is 5.34. The maximum absolute atomic E-state index is 10.6. The molecule has 17 heteroatoms. The molecule has 1 aliphatic rings. The van der Waals surface area contributed by atoms with Gasteiger partial charge in [-0.3, -0.25) is 0 Å². The third-order valence-electron chi connectivity index (χ3n) is 5.34. The number of nitrogens with zero attached hydrogens (tertiary/aromatic N) is 5. The Kier molecular flexibility index (Phi) is 10.9. The minimum atomic E-state index is -5.08. The average Bonchev–Trinajstić information content (AvgIpc) is 3.31. The molecular formula is C24H24F6N6O5. The van der Waals surface area contributed by atoms with Crippen molar-refractivity contribution in [3.05, 3.63) is 42.4 Å². The lowest BCUT2D eigenvalue weighted by Crippen LogP contribution is -2.43. The number of ether oxygens (including phenoxy) is 1. The van der Waals surface area contributed by atoms with Gasteiger partial charge in [0.15, 0.2) is 0 Å². The first-order chi connectivity index (χ1) is 19.1. The SMILES string of the molecule is CCOc1cc(-c2ccc(N3CCC[C@@H](N)C3)nc2)c2c(C#N)cnn2c1.O=C(O)C(F)(F)F.O=C(O)C(F)(F)F. The number of rotatable bonds is 4. The van der Waals surface area contributed by atoms with Crippen LogP contribution in [-0.2, 0) is 9.59 Å². The lowest BCUT2D eigenvalue weighted by Gasteiger charge is -2.31. The Labute approximate surface area is 228 Å². The summed E-state index contributed by atoms with van der Waals surface area (Å²) in [5, 5.41) is 28.0. The number of pyridine rings is 2. The number of aromatic nitrogens is 3. The number of piperidine rings is 1. The molecule has 0 bridgehead atoms. The van der Waals surface area contributed by atoms with Crippen LogP contribution in [0.1, 0.15) is 25.3 Å². The van der Waals surface area contributed by atoms with E-state index in [9.17, 15) is 31.6 Å². The summed E-state index contributed by atoms with van der Waals surface area (Å²) in [4.78, 5) is 24.7. The number of aliphatic carboxylic acids is 2. The Bertz CT molecular complexity index is 1360. The number of halogens is 6. The van der Waals surface area contributed by atoms with Crippen LogP contribution in [-0.4, -0.2) is 74.8 Å². The lowest BCUT2D eigenvalue weighted by molar-refractivity contribution is -0.193. The predicted octanol–water partition coefficient (Wildman–Crippen LogP) is 3.86. The van der Waals surface area contributed by atoms with E-state index in [4.69, 9.17) is 30.3 Å². The highest BCUT2D eigenvalue weighted by Gasteiger charge is 2.38. The zero-order valence-corrected chi connectivity index (χ0v) is 21.3. The van der Waals surface area contributed by atoms with Crippen molar-refractivity contribution in [3.8, 4) is 22.9 Å². The second-order valence-electron chi connectivity index (χ2n) is 8.34. The van der Waals surface area contributed by atoms with E-state index in [0.29, 0.717) is 17.9 Å². The Morgan fingerprint density at radius 2 is 1.76 bits per heavy atom. The van der Waals surface area contributed by atoms with Crippen LogP contribution in [0.25, 0.3) is 16.6 Å². The van der Waals surface area contributed by atoms with Crippen molar-refractivity contribution < 1.29 is 50.9 Å². The number of carboxylic acids is 2. The second-order valence-corrected chi connectivity index (χ2v) is 8.34. The van der Waals surface area contributed by atoms with Crippen molar-refractivity contribution in [2.45, 2.75) is 38.2 Å². The van der Waals surface area contributed by atoms with E-state index in [1.165, 1.54) is 0 Å². The van der Waals surface area contributed by atoms with E-state index in [0.717, 1.165) is 48.4 Å². The number of hydrogen-bond acceptors (Lipinski definition) is 8. The molecule has 4 heterocycles. The predicted molar refractivity (Wildman–Crippen MR) is 131 cm³/mol. The summed E-state index contributed by atoms with van der Waals surface area (Å²) in [5.74, 6) is -3.88. The highest BCUT2D eigenvalue weighted by molar-refractivity contribution is 5.85. The van der Waals surface area contributed by atoms with E-state index >= 15 is 0 Å². The molecule has 3 aromatic heterocycles. The van der Waals surface area contributed by atoms with Crippen molar-refractivity contribution in [2.75, 3.05) is 24.6 Å². The molecule has 1 atom stereocenters. The summed E-state index contributed by atoms with van der Waals surface area (Å²) in [5.41, 5.74) is 9.17. The van der Waals surface area contributed by atoms with Gasteiger partial charge in [0.25, 0.3) is 0 Å². The van der Waals surface area contributed by atoms with E-state index < -0.39 is 24.3 Å². The van der Waals surface area contributed by atoms with Crippen LogP contribution < -0.4 is 15.4 Å². The first-order valence-electron chi connectivity index (χ1n) is 11.7. The van der Waals surface area contributed by atoms with Gasteiger partial charge in [0, 0.05) is 36.5 Å². The molecule has 0 aliphatic carbocycles. The smallest absolute Gasteiger partial charge is 0.490 e. The van der Waals surface area contributed by atoms with Crippen LogP contribution in [0.4, 0.5) is 32.2 Å². The van der Waals surface area contributed by atoms with E-state index in [2.05, 4.69) is 21.1 Å². The van der Waals surface area contributed by atoms with Gasteiger partial charge >= 0.3 is 24.3 Å². The zero-order chi connectivity index (χ0) is 31.0. The molecular weight excluding hydrogens is 566 g/mol. The molecule has 3 aromatic rings. The molecule has 0 aromatic carbocycles. The number of fused-ring (bicyclic) bond motifs is 1. The number of nitriles is 1. The topological polar surface area (TPSA) is 167 Å². The fourth-order valence-corrected chi connectivity index (χ4v) is 3.59. The quantitative estimate of drug-likeness (QED) is 0.380. The van der Waals surface area contributed by atoms with Crippen molar-refractivity contribution in [1.82, 2.24) is 14.6 Å². The fourth-order valence-electron chi connectivity index (χ4n) is 3.59. The zero-order valence-electron chi connectivity index (χ0n) is 21.3. The van der Waals surface area contributed by atoms with Gasteiger partial charge < -0.3 is 25.6 Å². The minimum Gasteiger partial charge on any atom is -0.492 e. The maximum Gasteiger partial charge on any atom is 0.490 e. The molecule has 1 aliphatic heterocycles. The lowest BCUT2D eigenvalue weighted by atomic mass is 10.0. The molecule has 0 amide bonds. The van der Waals surface area contributed by atoms with Gasteiger partial charge in [-0.25, -0.2) is 19.1 Å². The number of carbonyl (C=O) groups is 2. The molecule has 11 nitrogen and oxygen atoms in total. The molecule has 41 heavy (non-hydrogen) atoms. The minimum absolute atomic E-state index is 0.202. The number of anilines is 1. The standard InChI is InChI=1S/C20H22N6O.2C2HF3O2/c1-2-27-17-8-18(20-15(9-21)11-24-26(20)13-17)14-5-6-19(23-10-14)25-7-3-4-16(22)12-25;2*3-2(4,5)1(6)7/h5-6,8,10-11,13,16H,2-4,7,12,22H2,1H3;2*(H,6,7)/t16-;;/m1../s1. The van der Waals surface area contributed by atoms with Crippen LogP contribution in [0.5, 0.6) is 5.75 Å². The summed E-state index contributed by atoms with van der Waals surface area (Å²) in [6.07, 6.45) is -2.81.